The highest BCUT2D eigenvalue weighted by molar-refractivity contribution is 4.50. The largest absolute Gasteiger partial charge is 0.396 e. The molecule has 0 saturated carbocycles. The summed E-state index contributed by atoms with van der Waals surface area (Å²) >= 11 is 0. The Labute approximate surface area is 144 Å². The highest BCUT2D eigenvalue weighted by Gasteiger charge is 1.99. The molecule has 5 nitrogen and oxygen atoms in total. The molecule has 1 unspecified atom stereocenters. The van der Waals surface area contributed by atoms with Gasteiger partial charge in [0.15, 0.2) is 0 Å². The Morgan fingerprint density at radius 2 is 1.57 bits per heavy atom. The molecule has 0 aliphatic rings. The minimum atomic E-state index is 0.344. The number of unbranched alkanes of at least 4 members (excludes halogenated alkanes) is 1. The summed E-state index contributed by atoms with van der Waals surface area (Å²) in [6.07, 6.45) is 4.42. The summed E-state index contributed by atoms with van der Waals surface area (Å²) in [4.78, 5) is 2.20. The van der Waals surface area contributed by atoms with E-state index in [4.69, 9.17) is 19.3 Å². The van der Waals surface area contributed by atoms with E-state index in [1.807, 2.05) is 0 Å². The van der Waals surface area contributed by atoms with Crippen LogP contribution in [0.2, 0.25) is 0 Å². The summed E-state index contributed by atoms with van der Waals surface area (Å²) in [7, 11) is 3.80. The normalized spacial score (nSPS) is 12.1. The lowest BCUT2D eigenvalue weighted by molar-refractivity contribution is 0.0351. The van der Waals surface area contributed by atoms with Crippen molar-refractivity contribution in [1.82, 2.24) is 4.90 Å². The molecule has 0 rings (SSSR count). The predicted octanol–water partition coefficient (Wildman–Crippen LogP) is 2.81. The van der Waals surface area contributed by atoms with Gasteiger partial charge in [-0.3, -0.25) is 0 Å². The summed E-state index contributed by atoms with van der Waals surface area (Å²) in [5.74, 6) is 0.764. The zero-order valence-electron chi connectivity index (χ0n) is 16.2. The van der Waals surface area contributed by atoms with E-state index in [2.05, 4.69) is 32.7 Å². The van der Waals surface area contributed by atoms with Gasteiger partial charge in [-0.1, -0.05) is 33.6 Å². The molecule has 0 amide bonds. The molecule has 1 N–H and O–H groups in total. The SMILES string of the molecule is CCC(C)CCOCCOCCN(C)CCOC.CCCCO. The van der Waals surface area contributed by atoms with Crippen molar-refractivity contribution in [3.8, 4) is 0 Å². The molecule has 0 saturated heterocycles. The monoisotopic (exact) mass is 335 g/mol. The number of likely N-dealkylation sites (N-methyl/N-ethyl adjacent to an activating group) is 1. The van der Waals surface area contributed by atoms with Gasteiger partial charge in [0.2, 0.25) is 0 Å². The first-order chi connectivity index (χ1) is 11.1. The minimum absolute atomic E-state index is 0.344. The Kier molecular flexibility index (Phi) is 23.7. The van der Waals surface area contributed by atoms with Crippen LogP contribution in [0.5, 0.6) is 0 Å². The summed E-state index contributed by atoms with van der Waals surface area (Å²) in [6.45, 7) is 12.5. The van der Waals surface area contributed by atoms with Crippen LogP contribution in [-0.2, 0) is 14.2 Å². The average Bonchev–Trinajstić information content (AvgIpc) is 2.56. The molecule has 0 heterocycles. The van der Waals surface area contributed by atoms with Crippen LogP contribution < -0.4 is 0 Å². The Hall–Kier alpha value is -0.200. The van der Waals surface area contributed by atoms with Crippen molar-refractivity contribution in [2.45, 2.75) is 46.5 Å². The maximum atomic E-state index is 8.07. The van der Waals surface area contributed by atoms with E-state index in [-0.39, 0.29) is 0 Å². The molecular weight excluding hydrogens is 294 g/mol. The van der Waals surface area contributed by atoms with Crippen molar-refractivity contribution in [2.75, 3.05) is 66.9 Å². The van der Waals surface area contributed by atoms with Crippen molar-refractivity contribution in [1.29, 1.82) is 0 Å². The average molecular weight is 336 g/mol. The van der Waals surface area contributed by atoms with Gasteiger partial charge in [0.25, 0.3) is 0 Å². The molecular formula is C18H41NO4. The molecule has 23 heavy (non-hydrogen) atoms. The van der Waals surface area contributed by atoms with Crippen LogP contribution in [0.25, 0.3) is 0 Å². The fourth-order valence-corrected chi connectivity index (χ4v) is 1.55. The molecule has 0 spiro atoms. The highest BCUT2D eigenvalue weighted by atomic mass is 16.5. The van der Waals surface area contributed by atoms with Crippen molar-refractivity contribution < 1.29 is 19.3 Å². The lowest BCUT2D eigenvalue weighted by atomic mass is 10.1. The summed E-state index contributed by atoms with van der Waals surface area (Å²) in [5.41, 5.74) is 0. The fraction of sp³-hybridized carbons (Fsp3) is 1.00. The summed E-state index contributed by atoms with van der Waals surface area (Å²) < 4.78 is 16.0. The Morgan fingerprint density at radius 3 is 2.04 bits per heavy atom. The van der Waals surface area contributed by atoms with Gasteiger partial charge in [0.1, 0.15) is 0 Å². The van der Waals surface area contributed by atoms with Crippen LogP contribution in [0, 0.1) is 5.92 Å². The quantitative estimate of drug-likeness (QED) is 0.466. The molecule has 0 aliphatic carbocycles. The molecule has 0 radical (unpaired) electrons. The van der Waals surface area contributed by atoms with E-state index in [1.54, 1.807) is 7.11 Å². The van der Waals surface area contributed by atoms with Crippen molar-refractivity contribution in [3.05, 3.63) is 0 Å². The third-order valence-electron chi connectivity index (χ3n) is 3.63. The van der Waals surface area contributed by atoms with Gasteiger partial charge in [-0.15, -0.1) is 0 Å². The molecule has 5 heteroatoms. The number of ether oxygens (including phenoxy) is 3. The smallest absolute Gasteiger partial charge is 0.0701 e. The first kappa shape index (κ1) is 25.0. The lowest BCUT2D eigenvalue weighted by Crippen LogP contribution is -2.27. The number of aliphatic hydroxyl groups is 1. The number of aliphatic hydroxyl groups excluding tert-OH is 1. The predicted molar refractivity (Wildman–Crippen MR) is 97.1 cm³/mol. The highest BCUT2D eigenvalue weighted by Crippen LogP contribution is 2.05. The molecule has 1 atom stereocenters. The zero-order valence-corrected chi connectivity index (χ0v) is 16.2. The number of rotatable bonds is 15. The molecule has 0 fully saturated rings. The van der Waals surface area contributed by atoms with Crippen molar-refractivity contribution >= 4 is 0 Å². The summed E-state index contributed by atoms with van der Waals surface area (Å²) in [5, 5.41) is 8.07. The topological polar surface area (TPSA) is 51.2 Å². The molecule has 0 bridgehead atoms. The van der Waals surface area contributed by atoms with Crippen LogP contribution in [0.15, 0.2) is 0 Å². The molecule has 142 valence electrons. The Morgan fingerprint density at radius 1 is 0.957 bits per heavy atom. The fourth-order valence-electron chi connectivity index (χ4n) is 1.55. The van der Waals surface area contributed by atoms with E-state index in [1.165, 1.54) is 6.42 Å². The molecule has 0 aliphatic heterocycles. The van der Waals surface area contributed by atoms with Gasteiger partial charge < -0.3 is 24.2 Å². The van der Waals surface area contributed by atoms with E-state index in [0.717, 1.165) is 58.1 Å². The van der Waals surface area contributed by atoms with Crippen LogP contribution in [-0.4, -0.2) is 76.9 Å². The Balaban J connectivity index is 0. The van der Waals surface area contributed by atoms with Gasteiger partial charge in [-0.05, 0) is 25.8 Å². The lowest BCUT2D eigenvalue weighted by Gasteiger charge is -2.15. The second kappa shape index (κ2) is 21.8. The van der Waals surface area contributed by atoms with E-state index < -0.39 is 0 Å². The van der Waals surface area contributed by atoms with Crippen molar-refractivity contribution in [3.63, 3.8) is 0 Å². The number of nitrogens with zero attached hydrogens (tertiary/aromatic N) is 1. The number of hydrogen-bond acceptors (Lipinski definition) is 5. The van der Waals surface area contributed by atoms with Gasteiger partial charge in [0.05, 0.1) is 26.4 Å². The number of hydrogen-bond donors (Lipinski definition) is 1. The van der Waals surface area contributed by atoms with E-state index in [9.17, 15) is 0 Å². The second-order valence-electron chi connectivity index (χ2n) is 5.90. The third kappa shape index (κ3) is 24.2. The maximum Gasteiger partial charge on any atom is 0.0701 e. The van der Waals surface area contributed by atoms with E-state index in [0.29, 0.717) is 19.8 Å². The molecule has 0 aromatic carbocycles. The standard InChI is InChI=1S/C14H31NO3.C4H10O/c1-5-14(2)6-9-17-12-13-18-11-8-15(3)7-10-16-4;1-2-3-4-5/h14H,5-13H2,1-4H3;5H,2-4H2,1H3. The van der Waals surface area contributed by atoms with Crippen LogP contribution in [0.4, 0.5) is 0 Å². The maximum absolute atomic E-state index is 8.07. The van der Waals surface area contributed by atoms with Crippen molar-refractivity contribution in [2.24, 2.45) is 5.92 Å². The van der Waals surface area contributed by atoms with E-state index >= 15 is 0 Å². The first-order valence-corrected chi connectivity index (χ1v) is 9.06. The second-order valence-corrected chi connectivity index (χ2v) is 5.90. The van der Waals surface area contributed by atoms with Crippen LogP contribution in [0.3, 0.4) is 0 Å². The van der Waals surface area contributed by atoms with Crippen LogP contribution in [0.1, 0.15) is 46.5 Å². The zero-order chi connectivity index (χ0) is 17.8. The van der Waals surface area contributed by atoms with Crippen LogP contribution >= 0.6 is 0 Å². The van der Waals surface area contributed by atoms with Gasteiger partial charge >= 0.3 is 0 Å². The molecule has 0 aromatic rings. The van der Waals surface area contributed by atoms with Gasteiger partial charge in [0, 0.05) is 33.4 Å². The number of methoxy groups -OCH3 is 1. The first-order valence-electron chi connectivity index (χ1n) is 9.06. The van der Waals surface area contributed by atoms with Gasteiger partial charge in [-0.2, -0.15) is 0 Å². The minimum Gasteiger partial charge on any atom is -0.396 e. The summed E-state index contributed by atoms with van der Waals surface area (Å²) in [6, 6.07) is 0. The Bertz CT molecular complexity index is 203. The van der Waals surface area contributed by atoms with Gasteiger partial charge in [-0.25, -0.2) is 0 Å². The third-order valence-corrected chi connectivity index (χ3v) is 3.63. The molecule has 0 aromatic heterocycles.